The molecular formula is C16H14N2O3. The molecule has 0 saturated heterocycles. The summed E-state index contributed by atoms with van der Waals surface area (Å²) in [6, 6.07) is 7.39. The van der Waals surface area contributed by atoms with Gasteiger partial charge in [-0.25, -0.2) is 14.8 Å². The Morgan fingerprint density at radius 3 is 2.86 bits per heavy atom. The first kappa shape index (κ1) is 13.3. The second-order valence-corrected chi connectivity index (χ2v) is 4.88. The molecule has 0 aliphatic heterocycles. The summed E-state index contributed by atoms with van der Waals surface area (Å²) in [5, 5.41) is 9.03. The number of oxazole rings is 1. The fourth-order valence-corrected chi connectivity index (χ4v) is 2.23. The highest BCUT2D eigenvalue weighted by atomic mass is 16.4. The van der Waals surface area contributed by atoms with E-state index in [1.807, 2.05) is 32.0 Å². The van der Waals surface area contributed by atoms with E-state index in [9.17, 15) is 4.79 Å². The zero-order chi connectivity index (χ0) is 15.0. The predicted octanol–water partition coefficient (Wildman–Crippen LogP) is 3.46. The van der Waals surface area contributed by atoms with Crippen LogP contribution >= 0.6 is 0 Å². The number of aromatic carboxylic acids is 1. The minimum Gasteiger partial charge on any atom is -0.478 e. The summed E-state index contributed by atoms with van der Waals surface area (Å²) in [6.07, 6.45) is 1.98. The minimum absolute atomic E-state index is 0.169. The third-order valence-corrected chi connectivity index (χ3v) is 3.34. The van der Waals surface area contributed by atoms with E-state index in [4.69, 9.17) is 9.52 Å². The zero-order valence-electron chi connectivity index (χ0n) is 11.8. The van der Waals surface area contributed by atoms with Gasteiger partial charge >= 0.3 is 5.97 Å². The van der Waals surface area contributed by atoms with Crippen molar-refractivity contribution in [1.29, 1.82) is 0 Å². The summed E-state index contributed by atoms with van der Waals surface area (Å²) in [5.74, 6) is -0.568. The van der Waals surface area contributed by atoms with Crippen LogP contribution in [0, 0.1) is 6.92 Å². The first-order valence-electron chi connectivity index (χ1n) is 6.68. The fraction of sp³-hybridized carbons (Fsp3) is 0.188. The number of carbonyl (C=O) groups is 1. The molecule has 1 aromatic carbocycles. The molecule has 2 heterocycles. The molecule has 3 rings (SSSR count). The van der Waals surface area contributed by atoms with Gasteiger partial charge in [0, 0.05) is 6.20 Å². The second kappa shape index (κ2) is 5.01. The van der Waals surface area contributed by atoms with Crippen LogP contribution in [-0.4, -0.2) is 21.0 Å². The maximum atomic E-state index is 11.0. The Kier molecular flexibility index (Phi) is 3.17. The average Bonchev–Trinajstić information content (AvgIpc) is 2.89. The Labute approximate surface area is 121 Å². The van der Waals surface area contributed by atoms with E-state index in [1.165, 1.54) is 6.20 Å². The van der Waals surface area contributed by atoms with Crippen molar-refractivity contribution in [2.24, 2.45) is 0 Å². The molecule has 5 nitrogen and oxygen atoms in total. The number of rotatable bonds is 3. The number of hydrogen-bond donors (Lipinski definition) is 1. The normalized spacial score (nSPS) is 11.0. The number of benzene rings is 1. The van der Waals surface area contributed by atoms with Crippen LogP contribution < -0.4 is 0 Å². The monoisotopic (exact) mass is 282 g/mol. The topological polar surface area (TPSA) is 76.2 Å². The van der Waals surface area contributed by atoms with E-state index in [-0.39, 0.29) is 5.56 Å². The Balaban J connectivity index is 2.15. The van der Waals surface area contributed by atoms with Crippen LogP contribution in [0.25, 0.3) is 22.7 Å². The van der Waals surface area contributed by atoms with E-state index in [1.54, 1.807) is 6.07 Å². The molecule has 0 unspecified atom stereocenters. The van der Waals surface area contributed by atoms with Gasteiger partial charge in [-0.1, -0.05) is 13.0 Å². The van der Waals surface area contributed by atoms with Crippen molar-refractivity contribution in [2.45, 2.75) is 20.3 Å². The third-order valence-electron chi connectivity index (χ3n) is 3.34. The Morgan fingerprint density at radius 2 is 2.14 bits per heavy atom. The van der Waals surface area contributed by atoms with Crippen LogP contribution in [0.5, 0.6) is 0 Å². The highest BCUT2D eigenvalue weighted by Crippen LogP contribution is 2.26. The van der Waals surface area contributed by atoms with Gasteiger partial charge in [0.25, 0.3) is 0 Å². The summed E-state index contributed by atoms with van der Waals surface area (Å²) in [7, 11) is 0. The van der Waals surface area contributed by atoms with Crippen LogP contribution in [0.4, 0.5) is 0 Å². The number of aromatic nitrogens is 2. The number of pyridine rings is 1. The van der Waals surface area contributed by atoms with Crippen LogP contribution in [0.1, 0.15) is 28.4 Å². The van der Waals surface area contributed by atoms with Crippen molar-refractivity contribution in [3.8, 4) is 11.6 Å². The van der Waals surface area contributed by atoms with Crippen molar-refractivity contribution in [2.75, 3.05) is 0 Å². The Hall–Kier alpha value is -2.69. The van der Waals surface area contributed by atoms with Crippen LogP contribution in [0.15, 0.2) is 34.9 Å². The van der Waals surface area contributed by atoms with E-state index < -0.39 is 5.97 Å². The molecule has 5 heteroatoms. The summed E-state index contributed by atoms with van der Waals surface area (Å²) in [5.41, 5.74) is 4.14. The standard InChI is InChI=1S/C16H14N2O3/c1-3-10-7-11(16(19)20)8-17-14(10)15-18-12-6-9(2)4-5-13(12)21-15/h4-8H,3H2,1-2H3,(H,19,20). The lowest BCUT2D eigenvalue weighted by Crippen LogP contribution is -2.01. The molecule has 106 valence electrons. The molecule has 21 heavy (non-hydrogen) atoms. The summed E-state index contributed by atoms with van der Waals surface area (Å²) in [6.45, 7) is 3.93. The molecule has 0 amide bonds. The number of nitrogens with zero attached hydrogens (tertiary/aromatic N) is 2. The van der Waals surface area contributed by atoms with Gasteiger partial charge in [0.2, 0.25) is 5.89 Å². The van der Waals surface area contributed by atoms with Gasteiger partial charge in [-0.3, -0.25) is 0 Å². The molecule has 0 aliphatic carbocycles. The maximum Gasteiger partial charge on any atom is 0.337 e. The Morgan fingerprint density at radius 1 is 1.33 bits per heavy atom. The lowest BCUT2D eigenvalue weighted by Gasteiger charge is -2.04. The second-order valence-electron chi connectivity index (χ2n) is 4.88. The average molecular weight is 282 g/mol. The van der Waals surface area contributed by atoms with E-state index in [0.717, 1.165) is 16.6 Å². The lowest BCUT2D eigenvalue weighted by atomic mass is 10.1. The van der Waals surface area contributed by atoms with Crippen molar-refractivity contribution >= 4 is 17.1 Å². The van der Waals surface area contributed by atoms with Gasteiger partial charge in [-0.2, -0.15) is 0 Å². The SMILES string of the molecule is CCc1cc(C(=O)O)cnc1-c1nc2cc(C)ccc2o1. The molecule has 1 N–H and O–H groups in total. The van der Waals surface area contributed by atoms with Gasteiger partial charge in [-0.15, -0.1) is 0 Å². The number of carboxylic acids is 1. The molecule has 0 bridgehead atoms. The highest BCUT2D eigenvalue weighted by molar-refractivity contribution is 5.88. The first-order valence-corrected chi connectivity index (χ1v) is 6.68. The molecule has 0 saturated carbocycles. The third kappa shape index (κ3) is 2.38. The molecule has 0 atom stereocenters. The summed E-state index contributed by atoms with van der Waals surface area (Å²) < 4.78 is 5.73. The van der Waals surface area contributed by atoms with Crippen molar-refractivity contribution in [1.82, 2.24) is 9.97 Å². The maximum absolute atomic E-state index is 11.0. The van der Waals surface area contributed by atoms with Gasteiger partial charge in [0.15, 0.2) is 5.58 Å². The molecule has 3 aromatic rings. The highest BCUT2D eigenvalue weighted by Gasteiger charge is 2.15. The first-order chi connectivity index (χ1) is 10.1. The van der Waals surface area contributed by atoms with E-state index in [2.05, 4.69) is 9.97 Å². The molecular weight excluding hydrogens is 268 g/mol. The molecule has 0 spiro atoms. The van der Waals surface area contributed by atoms with Gasteiger partial charge in [-0.05, 0) is 42.7 Å². The molecule has 0 fully saturated rings. The van der Waals surface area contributed by atoms with E-state index >= 15 is 0 Å². The number of hydrogen-bond acceptors (Lipinski definition) is 4. The van der Waals surface area contributed by atoms with Crippen molar-refractivity contribution in [3.05, 3.63) is 47.2 Å². The fourth-order valence-electron chi connectivity index (χ4n) is 2.23. The number of fused-ring (bicyclic) bond motifs is 1. The van der Waals surface area contributed by atoms with Crippen LogP contribution in [-0.2, 0) is 6.42 Å². The smallest absolute Gasteiger partial charge is 0.337 e. The number of aryl methyl sites for hydroxylation is 2. The molecule has 2 aromatic heterocycles. The van der Waals surface area contributed by atoms with Gasteiger partial charge in [0.1, 0.15) is 11.2 Å². The number of carboxylic acid groups (broad SMARTS) is 1. The summed E-state index contributed by atoms with van der Waals surface area (Å²) >= 11 is 0. The summed E-state index contributed by atoms with van der Waals surface area (Å²) in [4.78, 5) is 19.7. The van der Waals surface area contributed by atoms with Gasteiger partial charge < -0.3 is 9.52 Å². The Bertz CT molecular complexity index is 837. The van der Waals surface area contributed by atoms with Crippen molar-refractivity contribution in [3.63, 3.8) is 0 Å². The lowest BCUT2D eigenvalue weighted by molar-refractivity contribution is 0.0696. The van der Waals surface area contributed by atoms with Crippen LogP contribution in [0.2, 0.25) is 0 Å². The molecule has 0 radical (unpaired) electrons. The van der Waals surface area contributed by atoms with Crippen molar-refractivity contribution < 1.29 is 14.3 Å². The predicted molar refractivity (Wildman–Crippen MR) is 78.3 cm³/mol. The minimum atomic E-state index is -0.989. The van der Waals surface area contributed by atoms with Crippen LogP contribution in [0.3, 0.4) is 0 Å². The zero-order valence-corrected chi connectivity index (χ0v) is 11.8. The quantitative estimate of drug-likeness (QED) is 0.796. The van der Waals surface area contributed by atoms with Gasteiger partial charge in [0.05, 0.1) is 5.56 Å². The molecule has 0 aliphatic rings. The largest absolute Gasteiger partial charge is 0.478 e. The van der Waals surface area contributed by atoms with E-state index in [0.29, 0.717) is 23.6 Å².